The predicted molar refractivity (Wildman–Crippen MR) is 106 cm³/mol. The molecule has 4 rings (SSSR count). The Morgan fingerprint density at radius 2 is 2.00 bits per heavy atom. The zero-order valence-electron chi connectivity index (χ0n) is 14.5. The Labute approximate surface area is 151 Å². The van der Waals surface area contributed by atoms with Gasteiger partial charge in [-0.2, -0.15) is 0 Å². The summed E-state index contributed by atoms with van der Waals surface area (Å²) in [6.45, 7) is 2.95. The summed E-state index contributed by atoms with van der Waals surface area (Å²) in [5, 5.41) is 3.14. The lowest BCUT2D eigenvalue weighted by Crippen LogP contribution is -1.95. The number of rotatable bonds is 6. The van der Waals surface area contributed by atoms with Gasteiger partial charge in [0.2, 0.25) is 0 Å². The Balaban J connectivity index is 1.66. The molecule has 0 aliphatic carbocycles. The van der Waals surface area contributed by atoms with Crippen molar-refractivity contribution < 1.29 is 4.74 Å². The molecule has 2 aromatic carbocycles. The summed E-state index contributed by atoms with van der Waals surface area (Å²) in [4.78, 5) is 5.81. The molecule has 1 N–H and O–H groups in total. The molecule has 4 nitrogen and oxygen atoms in total. The smallest absolute Gasteiger partial charge is 0.195 e. The molecule has 0 aliphatic rings. The molecule has 0 unspecified atom stereocenters. The standard InChI is InChI=1S/C20H21N3OS/c1-3-4-11-24-16-9-10-18-19(12-16)25-20-22-17(13-23(18)20)14-5-7-15(21-2)8-6-14/h5-10,12-13,21H,3-4,11H2,1-2H3. The fourth-order valence-corrected chi connectivity index (χ4v) is 3.89. The molecule has 4 aromatic rings. The van der Waals surface area contributed by atoms with E-state index in [0.717, 1.165) is 47.1 Å². The minimum absolute atomic E-state index is 0.775. The lowest BCUT2D eigenvalue weighted by molar-refractivity contribution is 0.310. The number of imidazole rings is 1. The van der Waals surface area contributed by atoms with Gasteiger partial charge >= 0.3 is 0 Å². The third kappa shape index (κ3) is 3.07. The van der Waals surface area contributed by atoms with Gasteiger partial charge in [-0.1, -0.05) is 36.8 Å². The Hall–Kier alpha value is -2.53. The molecule has 0 radical (unpaired) electrons. The van der Waals surface area contributed by atoms with Gasteiger partial charge in [0.1, 0.15) is 5.75 Å². The average Bonchev–Trinajstić information content (AvgIpc) is 3.19. The number of anilines is 1. The van der Waals surface area contributed by atoms with Crippen LogP contribution in [0.15, 0.2) is 48.7 Å². The second-order valence-corrected chi connectivity index (χ2v) is 7.05. The number of benzene rings is 2. The molecule has 5 heteroatoms. The molecule has 128 valence electrons. The van der Waals surface area contributed by atoms with Crippen molar-refractivity contribution >= 4 is 32.2 Å². The highest BCUT2D eigenvalue weighted by Crippen LogP contribution is 2.32. The summed E-state index contributed by atoms with van der Waals surface area (Å²) in [5.41, 5.74) is 4.40. The maximum Gasteiger partial charge on any atom is 0.195 e. The Morgan fingerprint density at radius 3 is 2.76 bits per heavy atom. The molecule has 0 saturated heterocycles. The molecular weight excluding hydrogens is 330 g/mol. The van der Waals surface area contributed by atoms with E-state index in [9.17, 15) is 0 Å². The van der Waals surface area contributed by atoms with E-state index in [-0.39, 0.29) is 0 Å². The van der Waals surface area contributed by atoms with Crippen LogP contribution < -0.4 is 10.1 Å². The van der Waals surface area contributed by atoms with Crippen LogP contribution in [0.5, 0.6) is 5.75 Å². The number of thiazole rings is 1. The molecule has 25 heavy (non-hydrogen) atoms. The highest BCUT2D eigenvalue weighted by atomic mass is 32.1. The second-order valence-electron chi connectivity index (χ2n) is 6.04. The van der Waals surface area contributed by atoms with Crippen molar-refractivity contribution in [3.8, 4) is 17.0 Å². The number of nitrogens with one attached hydrogen (secondary N) is 1. The number of nitrogens with zero attached hydrogens (tertiary/aromatic N) is 2. The van der Waals surface area contributed by atoms with E-state index in [1.807, 2.05) is 13.1 Å². The fraction of sp³-hybridized carbons (Fsp3) is 0.250. The number of unbranched alkanes of at least 4 members (excludes halogenated alkanes) is 1. The van der Waals surface area contributed by atoms with Crippen molar-refractivity contribution in [1.29, 1.82) is 0 Å². The topological polar surface area (TPSA) is 38.6 Å². The third-order valence-corrected chi connectivity index (χ3v) is 5.32. The maximum atomic E-state index is 5.81. The van der Waals surface area contributed by atoms with Crippen molar-refractivity contribution in [3.05, 3.63) is 48.7 Å². The molecule has 0 amide bonds. The van der Waals surface area contributed by atoms with Crippen LogP contribution in [0.1, 0.15) is 19.8 Å². The molecule has 0 saturated carbocycles. The molecule has 0 aliphatic heterocycles. The van der Waals surface area contributed by atoms with Gasteiger partial charge < -0.3 is 10.1 Å². The number of hydrogen-bond acceptors (Lipinski definition) is 4. The number of aromatic nitrogens is 2. The van der Waals surface area contributed by atoms with Crippen molar-refractivity contribution in [2.45, 2.75) is 19.8 Å². The molecule has 2 heterocycles. The average molecular weight is 351 g/mol. The van der Waals surface area contributed by atoms with Crippen LogP contribution in [-0.4, -0.2) is 23.0 Å². The monoisotopic (exact) mass is 351 g/mol. The van der Waals surface area contributed by atoms with Crippen LogP contribution in [-0.2, 0) is 0 Å². The van der Waals surface area contributed by atoms with Crippen LogP contribution in [0.2, 0.25) is 0 Å². The SMILES string of the molecule is CCCCOc1ccc2c(c1)sc1nc(-c3ccc(NC)cc3)cn12. The van der Waals surface area contributed by atoms with Crippen molar-refractivity contribution in [3.63, 3.8) is 0 Å². The first-order valence-corrected chi connectivity index (χ1v) is 9.43. The molecule has 0 atom stereocenters. The minimum Gasteiger partial charge on any atom is -0.494 e. The van der Waals surface area contributed by atoms with Gasteiger partial charge in [-0.25, -0.2) is 4.98 Å². The van der Waals surface area contributed by atoms with E-state index < -0.39 is 0 Å². The van der Waals surface area contributed by atoms with Crippen molar-refractivity contribution in [2.24, 2.45) is 0 Å². The zero-order valence-corrected chi connectivity index (χ0v) is 15.3. The van der Waals surface area contributed by atoms with E-state index >= 15 is 0 Å². The predicted octanol–water partition coefficient (Wildman–Crippen LogP) is 5.44. The lowest BCUT2D eigenvalue weighted by Gasteiger charge is -2.04. The Morgan fingerprint density at radius 1 is 1.16 bits per heavy atom. The van der Waals surface area contributed by atoms with E-state index in [0.29, 0.717) is 0 Å². The second kappa shape index (κ2) is 6.76. The van der Waals surface area contributed by atoms with E-state index in [1.54, 1.807) is 11.3 Å². The van der Waals surface area contributed by atoms with Gasteiger partial charge in [-0.15, -0.1) is 0 Å². The van der Waals surface area contributed by atoms with E-state index in [4.69, 9.17) is 9.72 Å². The molecule has 0 bridgehead atoms. The van der Waals surface area contributed by atoms with Gasteiger partial charge in [0.25, 0.3) is 0 Å². The summed E-state index contributed by atoms with van der Waals surface area (Å²) in [7, 11) is 1.92. The number of fused-ring (bicyclic) bond motifs is 3. The first-order valence-electron chi connectivity index (χ1n) is 8.61. The van der Waals surface area contributed by atoms with E-state index in [2.05, 4.69) is 59.2 Å². The minimum atomic E-state index is 0.775. The van der Waals surface area contributed by atoms with Gasteiger partial charge in [-0.05, 0) is 36.8 Å². The summed E-state index contributed by atoms with van der Waals surface area (Å²) < 4.78 is 9.18. The fourth-order valence-electron chi connectivity index (χ4n) is 2.85. The lowest BCUT2D eigenvalue weighted by atomic mass is 10.1. The quantitative estimate of drug-likeness (QED) is 0.470. The van der Waals surface area contributed by atoms with Crippen LogP contribution in [0.25, 0.3) is 26.4 Å². The van der Waals surface area contributed by atoms with Crippen LogP contribution in [0.3, 0.4) is 0 Å². The van der Waals surface area contributed by atoms with Crippen molar-refractivity contribution in [2.75, 3.05) is 19.0 Å². The molecule has 0 spiro atoms. The summed E-state index contributed by atoms with van der Waals surface area (Å²) in [5.74, 6) is 0.938. The molecule has 2 aromatic heterocycles. The molecular formula is C20H21N3OS. The largest absolute Gasteiger partial charge is 0.494 e. The number of hydrogen-bond donors (Lipinski definition) is 1. The van der Waals surface area contributed by atoms with Crippen LogP contribution in [0, 0.1) is 0 Å². The van der Waals surface area contributed by atoms with Gasteiger partial charge in [0.15, 0.2) is 4.96 Å². The Bertz CT molecular complexity index is 1000. The highest BCUT2D eigenvalue weighted by Gasteiger charge is 2.11. The summed E-state index contributed by atoms with van der Waals surface area (Å²) in [6.07, 6.45) is 4.34. The van der Waals surface area contributed by atoms with Crippen LogP contribution >= 0.6 is 11.3 Å². The van der Waals surface area contributed by atoms with Crippen LogP contribution in [0.4, 0.5) is 5.69 Å². The molecule has 0 fully saturated rings. The maximum absolute atomic E-state index is 5.81. The van der Waals surface area contributed by atoms with Crippen molar-refractivity contribution in [1.82, 2.24) is 9.38 Å². The summed E-state index contributed by atoms with van der Waals surface area (Å²) in [6, 6.07) is 14.6. The van der Waals surface area contributed by atoms with E-state index in [1.165, 1.54) is 10.2 Å². The third-order valence-electron chi connectivity index (χ3n) is 4.30. The summed E-state index contributed by atoms with van der Waals surface area (Å²) >= 11 is 1.70. The van der Waals surface area contributed by atoms with Gasteiger partial charge in [-0.3, -0.25) is 4.40 Å². The first kappa shape index (κ1) is 16.0. The first-order chi connectivity index (χ1) is 12.3. The van der Waals surface area contributed by atoms with Gasteiger partial charge in [0.05, 0.1) is 22.5 Å². The number of ether oxygens (including phenoxy) is 1. The Kier molecular flexibility index (Phi) is 4.32. The highest BCUT2D eigenvalue weighted by molar-refractivity contribution is 7.23. The normalized spacial score (nSPS) is 11.3. The van der Waals surface area contributed by atoms with Gasteiger partial charge in [0, 0.05) is 24.5 Å². The zero-order chi connectivity index (χ0) is 17.2.